The van der Waals surface area contributed by atoms with Crippen molar-refractivity contribution in [2.24, 2.45) is 10.9 Å². The second kappa shape index (κ2) is 9.22. The largest absolute Gasteiger partial charge is 0.380 e. The lowest BCUT2D eigenvalue weighted by Gasteiger charge is -2.07. The molecule has 28 heavy (non-hydrogen) atoms. The summed E-state index contributed by atoms with van der Waals surface area (Å²) in [5.41, 5.74) is 8.25. The number of benzene rings is 3. The van der Waals surface area contributed by atoms with Crippen LogP contribution in [0.3, 0.4) is 0 Å². The van der Waals surface area contributed by atoms with E-state index in [2.05, 4.69) is 5.16 Å². The van der Waals surface area contributed by atoms with Gasteiger partial charge in [-0.1, -0.05) is 89.0 Å². The van der Waals surface area contributed by atoms with Crippen molar-refractivity contribution in [3.8, 4) is 0 Å². The molecule has 3 aromatic rings. The van der Waals surface area contributed by atoms with E-state index in [1.807, 2.05) is 60.7 Å². The van der Waals surface area contributed by atoms with Gasteiger partial charge in [-0.25, -0.2) is 4.79 Å². The Morgan fingerprint density at radius 1 is 0.929 bits per heavy atom. The molecule has 140 valence electrons. The number of halogens is 2. The van der Waals surface area contributed by atoms with Crippen molar-refractivity contribution < 1.29 is 9.63 Å². The number of oxime groups is 1. The maximum atomic E-state index is 12.7. The van der Waals surface area contributed by atoms with Gasteiger partial charge in [-0.3, -0.25) is 0 Å². The summed E-state index contributed by atoms with van der Waals surface area (Å²) < 4.78 is 0. The molecule has 0 radical (unpaired) electrons. The summed E-state index contributed by atoms with van der Waals surface area (Å²) in [4.78, 5) is 17.8. The van der Waals surface area contributed by atoms with Crippen LogP contribution in [-0.4, -0.2) is 11.8 Å². The van der Waals surface area contributed by atoms with Crippen LogP contribution in [0.25, 0.3) is 11.6 Å². The fourth-order valence-corrected chi connectivity index (χ4v) is 2.99. The number of carbonyl (C=O) groups excluding carboxylic acids is 1. The normalized spacial score (nSPS) is 11.9. The van der Waals surface area contributed by atoms with E-state index in [1.54, 1.807) is 18.2 Å². The van der Waals surface area contributed by atoms with E-state index in [0.29, 0.717) is 26.7 Å². The molecule has 0 atom stereocenters. The molecule has 0 fully saturated rings. The SMILES string of the molecule is N/C(=N\OC(=O)/C(=C\c1ccccc1)c1ccccc1)c1ccc(Cl)cc1Cl. The Bertz CT molecular complexity index is 1030. The first-order valence-electron chi connectivity index (χ1n) is 8.37. The molecule has 0 aliphatic rings. The van der Waals surface area contributed by atoms with E-state index in [1.165, 1.54) is 6.07 Å². The van der Waals surface area contributed by atoms with Gasteiger partial charge in [0.1, 0.15) is 0 Å². The predicted octanol–water partition coefficient (Wildman–Crippen LogP) is 5.40. The number of carbonyl (C=O) groups is 1. The zero-order valence-corrected chi connectivity index (χ0v) is 16.2. The highest BCUT2D eigenvalue weighted by atomic mass is 35.5. The van der Waals surface area contributed by atoms with Crippen LogP contribution in [0.4, 0.5) is 0 Å². The van der Waals surface area contributed by atoms with E-state index in [-0.39, 0.29) is 5.84 Å². The van der Waals surface area contributed by atoms with Crippen LogP contribution in [0, 0.1) is 0 Å². The Balaban J connectivity index is 1.89. The number of rotatable bonds is 5. The number of nitrogens with two attached hydrogens (primary N) is 1. The Kier molecular flexibility index (Phi) is 6.48. The third-order valence-corrected chi connectivity index (χ3v) is 4.40. The summed E-state index contributed by atoms with van der Waals surface area (Å²) in [5.74, 6) is -0.662. The van der Waals surface area contributed by atoms with Crippen LogP contribution < -0.4 is 5.73 Å². The van der Waals surface area contributed by atoms with Crippen molar-refractivity contribution in [1.29, 1.82) is 0 Å². The summed E-state index contributed by atoms with van der Waals surface area (Å²) in [6.07, 6.45) is 1.73. The van der Waals surface area contributed by atoms with Gasteiger partial charge in [0.2, 0.25) is 0 Å². The quantitative estimate of drug-likeness (QED) is 0.153. The second-order valence-corrected chi connectivity index (χ2v) is 6.66. The van der Waals surface area contributed by atoms with Gasteiger partial charge >= 0.3 is 5.97 Å². The Labute approximate surface area is 172 Å². The van der Waals surface area contributed by atoms with Gasteiger partial charge in [-0.05, 0) is 35.4 Å². The van der Waals surface area contributed by atoms with Gasteiger partial charge in [0, 0.05) is 10.6 Å². The lowest BCUT2D eigenvalue weighted by molar-refractivity contribution is -0.136. The van der Waals surface area contributed by atoms with Gasteiger partial charge in [0.15, 0.2) is 5.84 Å². The molecule has 0 amide bonds. The molecule has 0 saturated carbocycles. The zero-order valence-electron chi connectivity index (χ0n) is 14.7. The summed E-state index contributed by atoms with van der Waals surface area (Å²) in [7, 11) is 0. The van der Waals surface area contributed by atoms with Gasteiger partial charge in [-0.15, -0.1) is 0 Å². The van der Waals surface area contributed by atoms with Crippen molar-refractivity contribution >= 4 is 46.7 Å². The standard InChI is InChI=1S/C22H16Cl2N2O2/c23-17-11-12-18(20(24)14-17)21(25)26-28-22(27)19(16-9-5-2-6-10-16)13-15-7-3-1-4-8-15/h1-14H,(H2,25,26)/b19-13-. The lowest BCUT2D eigenvalue weighted by Crippen LogP contribution is -2.16. The Hall–Kier alpha value is -3.08. The highest BCUT2D eigenvalue weighted by Crippen LogP contribution is 2.22. The van der Waals surface area contributed by atoms with Crippen molar-refractivity contribution in [3.05, 3.63) is 106 Å². The van der Waals surface area contributed by atoms with E-state index < -0.39 is 5.97 Å². The van der Waals surface area contributed by atoms with Crippen molar-refractivity contribution in [2.45, 2.75) is 0 Å². The molecule has 3 rings (SSSR count). The van der Waals surface area contributed by atoms with E-state index in [0.717, 1.165) is 5.56 Å². The first-order valence-corrected chi connectivity index (χ1v) is 9.12. The number of nitrogens with zero attached hydrogens (tertiary/aromatic N) is 1. The molecule has 4 nitrogen and oxygen atoms in total. The van der Waals surface area contributed by atoms with Crippen LogP contribution in [0.5, 0.6) is 0 Å². The maximum Gasteiger partial charge on any atom is 0.366 e. The van der Waals surface area contributed by atoms with Gasteiger partial charge in [0.25, 0.3) is 0 Å². The summed E-state index contributed by atoms with van der Waals surface area (Å²) in [6, 6.07) is 23.4. The third-order valence-electron chi connectivity index (χ3n) is 3.85. The molecular formula is C22H16Cl2N2O2. The molecule has 6 heteroatoms. The third kappa shape index (κ3) is 5.00. The Morgan fingerprint density at radius 2 is 1.57 bits per heavy atom. The lowest BCUT2D eigenvalue weighted by atomic mass is 10.0. The molecule has 2 N–H and O–H groups in total. The summed E-state index contributed by atoms with van der Waals surface area (Å²) in [6.45, 7) is 0. The van der Waals surface area contributed by atoms with Crippen molar-refractivity contribution in [1.82, 2.24) is 0 Å². The molecule has 0 bridgehead atoms. The number of amidine groups is 1. The van der Waals surface area contributed by atoms with E-state index in [4.69, 9.17) is 33.8 Å². The van der Waals surface area contributed by atoms with E-state index >= 15 is 0 Å². The molecule has 3 aromatic carbocycles. The van der Waals surface area contributed by atoms with Crippen LogP contribution in [0.1, 0.15) is 16.7 Å². The fraction of sp³-hybridized carbons (Fsp3) is 0. The molecule has 0 heterocycles. The molecule has 0 aliphatic carbocycles. The smallest absolute Gasteiger partial charge is 0.366 e. The van der Waals surface area contributed by atoms with Crippen LogP contribution >= 0.6 is 23.2 Å². The first kappa shape index (κ1) is 19.7. The first-order chi connectivity index (χ1) is 13.5. The predicted molar refractivity (Wildman–Crippen MR) is 114 cm³/mol. The Morgan fingerprint density at radius 3 is 2.21 bits per heavy atom. The minimum absolute atomic E-state index is 0.0258. The molecule has 0 saturated heterocycles. The summed E-state index contributed by atoms with van der Waals surface area (Å²) in [5, 5.41) is 4.53. The highest BCUT2D eigenvalue weighted by molar-refractivity contribution is 6.36. The number of hydrogen-bond acceptors (Lipinski definition) is 3. The average molecular weight is 411 g/mol. The topological polar surface area (TPSA) is 64.7 Å². The average Bonchev–Trinajstić information content (AvgIpc) is 2.71. The highest BCUT2D eigenvalue weighted by Gasteiger charge is 2.15. The van der Waals surface area contributed by atoms with Gasteiger partial charge < -0.3 is 10.6 Å². The minimum atomic E-state index is -0.636. The van der Waals surface area contributed by atoms with Crippen molar-refractivity contribution in [3.63, 3.8) is 0 Å². The zero-order chi connectivity index (χ0) is 19.9. The second-order valence-electron chi connectivity index (χ2n) is 5.81. The molecule has 0 aromatic heterocycles. The summed E-state index contributed by atoms with van der Waals surface area (Å²) >= 11 is 12.0. The van der Waals surface area contributed by atoms with Crippen LogP contribution in [0.2, 0.25) is 10.0 Å². The van der Waals surface area contributed by atoms with Crippen LogP contribution in [0.15, 0.2) is 84.0 Å². The van der Waals surface area contributed by atoms with Crippen LogP contribution in [-0.2, 0) is 9.63 Å². The maximum absolute atomic E-state index is 12.7. The molecular weight excluding hydrogens is 395 g/mol. The van der Waals surface area contributed by atoms with Gasteiger partial charge in [-0.2, -0.15) is 0 Å². The molecule has 0 aliphatic heterocycles. The molecule has 0 unspecified atom stereocenters. The monoisotopic (exact) mass is 410 g/mol. The fourth-order valence-electron chi connectivity index (χ4n) is 2.48. The minimum Gasteiger partial charge on any atom is -0.380 e. The van der Waals surface area contributed by atoms with Crippen molar-refractivity contribution in [2.75, 3.05) is 0 Å². The van der Waals surface area contributed by atoms with E-state index in [9.17, 15) is 4.79 Å². The number of hydrogen-bond donors (Lipinski definition) is 1. The van der Waals surface area contributed by atoms with Gasteiger partial charge in [0.05, 0.1) is 10.6 Å². The molecule has 0 spiro atoms.